The molecule has 26 heavy (non-hydrogen) atoms. The molecule has 0 atom stereocenters. The molecule has 2 heterocycles. The van der Waals surface area contributed by atoms with Gasteiger partial charge in [-0.15, -0.1) is 5.10 Å². The Morgan fingerprint density at radius 2 is 1.73 bits per heavy atom. The summed E-state index contributed by atoms with van der Waals surface area (Å²) in [4.78, 5) is 20.3. The minimum atomic E-state index is -0.368. The molecule has 0 spiro atoms. The second kappa shape index (κ2) is 7.14. The summed E-state index contributed by atoms with van der Waals surface area (Å²) in [6, 6.07) is 19.8. The molecule has 128 valence electrons. The summed E-state index contributed by atoms with van der Waals surface area (Å²) >= 11 is 0. The maximum Gasteiger partial charge on any atom is 0.313 e. The van der Waals surface area contributed by atoms with Gasteiger partial charge in [0.1, 0.15) is 13.0 Å². The Labute approximate surface area is 150 Å². The van der Waals surface area contributed by atoms with Crippen LogP contribution in [0.4, 0.5) is 0 Å². The lowest BCUT2D eigenvalue weighted by molar-refractivity contribution is -0.144. The quantitative estimate of drug-likeness (QED) is 0.520. The minimum absolute atomic E-state index is 0.0193. The van der Waals surface area contributed by atoms with E-state index in [0.29, 0.717) is 11.6 Å². The zero-order valence-electron chi connectivity index (χ0n) is 13.9. The third-order valence-corrected chi connectivity index (χ3v) is 3.92. The van der Waals surface area contributed by atoms with Crippen LogP contribution in [0.15, 0.2) is 73.1 Å². The first-order valence-corrected chi connectivity index (χ1v) is 8.24. The van der Waals surface area contributed by atoms with E-state index in [-0.39, 0.29) is 19.0 Å². The summed E-state index contributed by atoms with van der Waals surface area (Å²) in [6.45, 7) is 0.222. The number of fused-ring (bicyclic) bond motifs is 1. The van der Waals surface area contributed by atoms with Crippen molar-refractivity contribution < 1.29 is 9.53 Å². The average Bonchev–Trinajstić information content (AvgIpc) is 3.09. The number of hydrogen-bond donors (Lipinski definition) is 0. The monoisotopic (exact) mass is 344 g/mol. The van der Waals surface area contributed by atoms with Crippen LogP contribution in [0.25, 0.3) is 16.9 Å². The number of esters is 1. The van der Waals surface area contributed by atoms with Crippen molar-refractivity contribution in [3.63, 3.8) is 0 Å². The van der Waals surface area contributed by atoms with Gasteiger partial charge in [0.25, 0.3) is 5.78 Å². The molecule has 0 radical (unpaired) electrons. The van der Waals surface area contributed by atoms with Gasteiger partial charge in [-0.1, -0.05) is 54.6 Å². The maximum absolute atomic E-state index is 12.0. The number of carbonyl (C=O) groups excluding carboxylic acids is 1. The van der Waals surface area contributed by atoms with Crippen molar-refractivity contribution in [1.29, 1.82) is 0 Å². The van der Waals surface area contributed by atoms with E-state index in [1.807, 2.05) is 42.5 Å². The van der Waals surface area contributed by atoms with Crippen LogP contribution in [0.1, 0.15) is 11.4 Å². The molecule has 0 bridgehead atoms. The molecule has 6 heteroatoms. The van der Waals surface area contributed by atoms with E-state index in [0.717, 1.165) is 16.7 Å². The first kappa shape index (κ1) is 16.0. The Morgan fingerprint density at radius 1 is 0.962 bits per heavy atom. The number of benzene rings is 2. The van der Waals surface area contributed by atoms with E-state index in [4.69, 9.17) is 4.74 Å². The van der Waals surface area contributed by atoms with Crippen LogP contribution in [0, 0.1) is 0 Å². The molecule has 4 aromatic rings. The van der Waals surface area contributed by atoms with Gasteiger partial charge in [0.2, 0.25) is 0 Å². The molecule has 0 aliphatic rings. The van der Waals surface area contributed by atoms with E-state index in [9.17, 15) is 4.79 Å². The standard InChI is InChI=1S/C20H16N4O2/c25-19(13-18-22-20-21-11-4-12-24(20)23-18)26-14-15-7-9-17(10-8-15)16-5-2-1-3-6-16/h1-12H,13-14H2. The number of rotatable bonds is 5. The molecule has 0 amide bonds. The number of ether oxygens (including phenoxy) is 1. The predicted molar refractivity (Wildman–Crippen MR) is 96.2 cm³/mol. The van der Waals surface area contributed by atoms with Gasteiger partial charge >= 0.3 is 5.97 Å². The molecule has 6 nitrogen and oxygen atoms in total. The fourth-order valence-corrected chi connectivity index (χ4v) is 2.62. The van der Waals surface area contributed by atoms with Gasteiger partial charge in [-0.05, 0) is 22.8 Å². The highest BCUT2D eigenvalue weighted by Gasteiger charge is 2.11. The number of aromatic nitrogens is 4. The normalized spacial score (nSPS) is 10.8. The van der Waals surface area contributed by atoms with Gasteiger partial charge < -0.3 is 4.74 Å². The summed E-state index contributed by atoms with van der Waals surface area (Å²) in [5, 5.41) is 4.20. The van der Waals surface area contributed by atoms with Crippen molar-refractivity contribution in [3.05, 3.63) is 84.4 Å². The maximum atomic E-state index is 12.0. The number of hydrogen-bond acceptors (Lipinski definition) is 5. The molecule has 2 aromatic heterocycles. The summed E-state index contributed by atoms with van der Waals surface area (Å²) in [5.74, 6) is 0.493. The van der Waals surface area contributed by atoms with Crippen molar-refractivity contribution in [2.45, 2.75) is 13.0 Å². The van der Waals surface area contributed by atoms with Gasteiger partial charge in [-0.25, -0.2) is 9.50 Å². The van der Waals surface area contributed by atoms with E-state index in [1.165, 1.54) is 4.52 Å². The summed E-state index contributed by atoms with van der Waals surface area (Å²) in [5.41, 5.74) is 3.22. The summed E-state index contributed by atoms with van der Waals surface area (Å²) in [7, 11) is 0. The molecule has 0 saturated heterocycles. The molecule has 0 N–H and O–H groups in total. The van der Waals surface area contributed by atoms with Crippen molar-refractivity contribution in [2.24, 2.45) is 0 Å². The van der Waals surface area contributed by atoms with Crippen LogP contribution < -0.4 is 0 Å². The van der Waals surface area contributed by atoms with Crippen LogP contribution in [0.3, 0.4) is 0 Å². The highest BCUT2D eigenvalue weighted by molar-refractivity contribution is 5.71. The predicted octanol–water partition coefficient (Wildman–Crippen LogP) is 3.08. The Morgan fingerprint density at radius 3 is 2.50 bits per heavy atom. The molecule has 0 aliphatic carbocycles. The second-order valence-corrected chi connectivity index (χ2v) is 5.79. The summed E-state index contributed by atoms with van der Waals surface area (Å²) in [6.07, 6.45) is 3.38. The number of nitrogens with zero attached hydrogens (tertiary/aromatic N) is 4. The lowest BCUT2D eigenvalue weighted by Gasteiger charge is -2.06. The SMILES string of the molecule is O=C(Cc1nc2ncccn2n1)OCc1ccc(-c2ccccc2)cc1. The Bertz CT molecular complexity index is 994. The van der Waals surface area contributed by atoms with Crippen molar-refractivity contribution in [2.75, 3.05) is 0 Å². The van der Waals surface area contributed by atoms with E-state index < -0.39 is 0 Å². The molecular weight excluding hydrogens is 328 g/mol. The van der Waals surface area contributed by atoms with Gasteiger partial charge in [-0.2, -0.15) is 4.98 Å². The molecule has 0 fully saturated rings. The molecule has 0 unspecified atom stereocenters. The topological polar surface area (TPSA) is 69.4 Å². The zero-order chi connectivity index (χ0) is 17.8. The molecule has 2 aromatic carbocycles. The fraction of sp³-hybridized carbons (Fsp3) is 0.100. The van der Waals surface area contributed by atoms with Crippen molar-refractivity contribution in [3.8, 4) is 11.1 Å². The van der Waals surface area contributed by atoms with E-state index >= 15 is 0 Å². The highest BCUT2D eigenvalue weighted by Crippen LogP contribution is 2.19. The first-order chi connectivity index (χ1) is 12.8. The third kappa shape index (κ3) is 3.59. The average molecular weight is 344 g/mol. The first-order valence-electron chi connectivity index (χ1n) is 8.24. The lowest BCUT2D eigenvalue weighted by atomic mass is 10.0. The van der Waals surface area contributed by atoms with E-state index in [1.54, 1.807) is 18.5 Å². The molecule has 0 aliphatic heterocycles. The largest absolute Gasteiger partial charge is 0.460 e. The highest BCUT2D eigenvalue weighted by atomic mass is 16.5. The Kier molecular flexibility index (Phi) is 4.38. The van der Waals surface area contributed by atoms with Crippen LogP contribution in [-0.4, -0.2) is 25.6 Å². The molecule has 0 saturated carbocycles. The van der Waals surface area contributed by atoms with Crippen molar-refractivity contribution in [1.82, 2.24) is 19.6 Å². The Balaban J connectivity index is 1.35. The van der Waals surface area contributed by atoms with Crippen molar-refractivity contribution >= 4 is 11.7 Å². The Hall–Kier alpha value is -3.54. The smallest absolute Gasteiger partial charge is 0.313 e. The van der Waals surface area contributed by atoms with E-state index in [2.05, 4.69) is 27.2 Å². The van der Waals surface area contributed by atoms with Crippen LogP contribution in [0.2, 0.25) is 0 Å². The molecule has 4 rings (SSSR count). The number of carbonyl (C=O) groups is 1. The summed E-state index contributed by atoms with van der Waals surface area (Å²) < 4.78 is 6.86. The lowest BCUT2D eigenvalue weighted by Crippen LogP contribution is -2.09. The zero-order valence-corrected chi connectivity index (χ0v) is 13.9. The van der Waals surface area contributed by atoms with Crippen LogP contribution in [-0.2, 0) is 22.6 Å². The third-order valence-electron chi connectivity index (χ3n) is 3.92. The van der Waals surface area contributed by atoms with Gasteiger partial charge in [0, 0.05) is 12.4 Å². The van der Waals surface area contributed by atoms with Gasteiger partial charge in [-0.3, -0.25) is 4.79 Å². The fourth-order valence-electron chi connectivity index (χ4n) is 2.62. The van der Waals surface area contributed by atoms with Crippen LogP contribution >= 0.6 is 0 Å². The van der Waals surface area contributed by atoms with Gasteiger partial charge in [0.15, 0.2) is 5.82 Å². The second-order valence-electron chi connectivity index (χ2n) is 5.79. The minimum Gasteiger partial charge on any atom is -0.460 e. The van der Waals surface area contributed by atoms with Gasteiger partial charge in [0.05, 0.1) is 0 Å². The van der Waals surface area contributed by atoms with Crippen LogP contribution in [0.5, 0.6) is 0 Å². The molecular formula is C20H16N4O2.